The topological polar surface area (TPSA) is 92.2 Å². The van der Waals surface area contributed by atoms with Crippen LogP contribution in [0.25, 0.3) is 16.7 Å². The number of carbonyl (C=O) groups is 1. The molecule has 3 heterocycles. The van der Waals surface area contributed by atoms with Crippen LogP contribution in [0.3, 0.4) is 0 Å². The fourth-order valence-electron chi connectivity index (χ4n) is 3.20. The van der Waals surface area contributed by atoms with Gasteiger partial charge in [-0.1, -0.05) is 33.3 Å². The Balaban J connectivity index is 2.32. The van der Waals surface area contributed by atoms with Crippen LogP contribution in [-0.4, -0.2) is 26.4 Å². The average molecular weight is 381 g/mol. The van der Waals surface area contributed by atoms with Gasteiger partial charge in [0.25, 0.3) is 11.5 Å². The van der Waals surface area contributed by atoms with E-state index in [1.807, 2.05) is 26.8 Å². The molecule has 3 rings (SSSR count). The largest absolute Gasteiger partial charge is 0.352 e. The van der Waals surface area contributed by atoms with Crippen molar-refractivity contribution < 1.29 is 4.79 Å². The molecule has 7 heteroatoms. The van der Waals surface area contributed by atoms with Crippen LogP contribution in [0.15, 0.2) is 29.2 Å². The van der Waals surface area contributed by atoms with E-state index in [0.29, 0.717) is 35.7 Å². The van der Waals surface area contributed by atoms with E-state index >= 15 is 0 Å². The standard InChI is InChI=1S/C21H27N5O2/c1-5-6-9-25-17(22)15(20(27)23-12-13(2)3)11-16-19(25)24-18-14(4)8-7-10-26(18)21(16)28/h7-8,10-11,13,22H,5-6,9,12H2,1-4H3,(H,23,27). The smallest absolute Gasteiger partial charge is 0.267 e. The van der Waals surface area contributed by atoms with E-state index in [0.717, 1.165) is 18.4 Å². The molecule has 28 heavy (non-hydrogen) atoms. The minimum atomic E-state index is -0.334. The molecule has 0 saturated heterocycles. The molecular formula is C21H27N5O2. The fraction of sp³-hybridized carbons (Fsp3) is 0.429. The van der Waals surface area contributed by atoms with E-state index in [1.54, 1.807) is 16.8 Å². The van der Waals surface area contributed by atoms with E-state index in [1.165, 1.54) is 10.5 Å². The Morgan fingerprint density at radius 1 is 1.32 bits per heavy atom. The number of hydrogen-bond donors (Lipinski definition) is 2. The summed E-state index contributed by atoms with van der Waals surface area (Å²) in [6, 6.07) is 5.22. The number of aromatic nitrogens is 3. The van der Waals surface area contributed by atoms with Gasteiger partial charge in [0.05, 0.1) is 10.9 Å². The van der Waals surface area contributed by atoms with E-state index in [4.69, 9.17) is 10.4 Å². The average Bonchev–Trinajstić information content (AvgIpc) is 2.66. The van der Waals surface area contributed by atoms with Gasteiger partial charge < -0.3 is 9.88 Å². The van der Waals surface area contributed by atoms with Gasteiger partial charge in [-0.15, -0.1) is 0 Å². The molecule has 0 saturated carbocycles. The minimum Gasteiger partial charge on any atom is -0.352 e. The molecule has 0 spiro atoms. The molecule has 3 aromatic heterocycles. The maximum atomic E-state index is 13.1. The molecule has 0 bridgehead atoms. The number of fused-ring (bicyclic) bond motifs is 2. The highest BCUT2D eigenvalue weighted by molar-refractivity contribution is 5.96. The molecule has 0 fully saturated rings. The van der Waals surface area contributed by atoms with Crippen molar-refractivity contribution >= 4 is 22.6 Å². The van der Waals surface area contributed by atoms with Crippen LogP contribution < -0.4 is 16.4 Å². The molecule has 7 nitrogen and oxygen atoms in total. The van der Waals surface area contributed by atoms with Gasteiger partial charge in [-0.2, -0.15) is 0 Å². The number of amides is 1. The number of carbonyl (C=O) groups excluding carboxylic acids is 1. The second kappa shape index (κ2) is 7.96. The predicted molar refractivity (Wildman–Crippen MR) is 110 cm³/mol. The Morgan fingerprint density at radius 3 is 2.75 bits per heavy atom. The maximum absolute atomic E-state index is 13.1. The lowest BCUT2D eigenvalue weighted by molar-refractivity contribution is 0.0946. The number of nitrogens with one attached hydrogen (secondary N) is 2. The Labute approximate surface area is 163 Å². The van der Waals surface area contributed by atoms with Gasteiger partial charge in [-0.3, -0.25) is 19.4 Å². The number of nitrogens with zero attached hydrogens (tertiary/aromatic N) is 3. The lowest BCUT2D eigenvalue weighted by Gasteiger charge is -2.15. The van der Waals surface area contributed by atoms with Gasteiger partial charge in [0, 0.05) is 19.3 Å². The van der Waals surface area contributed by atoms with Crippen molar-refractivity contribution in [3.8, 4) is 0 Å². The summed E-state index contributed by atoms with van der Waals surface area (Å²) in [6.45, 7) is 9.03. The van der Waals surface area contributed by atoms with E-state index in [2.05, 4.69) is 12.2 Å². The molecule has 0 aliphatic carbocycles. The Bertz CT molecular complexity index is 1160. The summed E-state index contributed by atoms with van der Waals surface area (Å²) >= 11 is 0. The van der Waals surface area contributed by atoms with Crippen LogP contribution in [-0.2, 0) is 6.54 Å². The van der Waals surface area contributed by atoms with Crippen molar-refractivity contribution in [2.24, 2.45) is 5.92 Å². The van der Waals surface area contributed by atoms with Crippen LogP contribution in [0.1, 0.15) is 49.5 Å². The van der Waals surface area contributed by atoms with Crippen molar-refractivity contribution in [2.75, 3.05) is 6.54 Å². The molecule has 0 atom stereocenters. The highest BCUT2D eigenvalue weighted by Gasteiger charge is 2.17. The molecule has 1 amide bonds. The molecule has 0 aromatic carbocycles. The summed E-state index contributed by atoms with van der Waals surface area (Å²) in [5.74, 6) is -0.0374. The zero-order valence-electron chi connectivity index (χ0n) is 16.9. The molecule has 0 radical (unpaired) electrons. The maximum Gasteiger partial charge on any atom is 0.267 e. The Kier molecular flexibility index (Phi) is 5.63. The normalized spacial score (nSPS) is 11.5. The third-order valence-corrected chi connectivity index (χ3v) is 4.78. The summed E-state index contributed by atoms with van der Waals surface area (Å²) in [5, 5.41) is 11.8. The zero-order chi connectivity index (χ0) is 20.4. The summed E-state index contributed by atoms with van der Waals surface area (Å²) in [4.78, 5) is 30.5. The van der Waals surface area contributed by atoms with E-state index in [9.17, 15) is 9.59 Å². The summed E-state index contributed by atoms with van der Waals surface area (Å²) in [5.41, 5.74) is 1.98. The van der Waals surface area contributed by atoms with Gasteiger partial charge in [0.15, 0.2) is 0 Å². The lowest BCUT2D eigenvalue weighted by atomic mass is 10.1. The molecule has 148 valence electrons. The number of aryl methyl sites for hydroxylation is 2. The summed E-state index contributed by atoms with van der Waals surface area (Å²) in [6.07, 6.45) is 3.45. The fourth-order valence-corrected chi connectivity index (χ4v) is 3.20. The van der Waals surface area contributed by atoms with Crippen molar-refractivity contribution in [3.05, 3.63) is 51.4 Å². The zero-order valence-corrected chi connectivity index (χ0v) is 16.9. The van der Waals surface area contributed by atoms with Gasteiger partial charge in [-0.25, -0.2) is 4.98 Å². The van der Waals surface area contributed by atoms with Crippen LogP contribution >= 0.6 is 0 Å². The monoisotopic (exact) mass is 381 g/mol. The number of rotatable bonds is 6. The number of unbranched alkanes of at least 4 members (excludes halogenated alkanes) is 1. The number of pyridine rings is 2. The summed E-state index contributed by atoms with van der Waals surface area (Å²) < 4.78 is 3.19. The van der Waals surface area contributed by atoms with Crippen LogP contribution in [0.2, 0.25) is 0 Å². The Hall–Kier alpha value is -2.96. The van der Waals surface area contributed by atoms with Gasteiger partial charge in [0.1, 0.15) is 16.8 Å². The lowest BCUT2D eigenvalue weighted by Crippen LogP contribution is -2.36. The third-order valence-electron chi connectivity index (χ3n) is 4.78. The van der Waals surface area contributed by atoms with Gasteiger partial charge in [0.2, 0.25) is 0 Å². The minimum absolute atomic E-state index is 0.0899. The van der Waals surface area contributed by atoms with Crippen molar-refractivity contribution in [3.63, 3.8) is 0 Å². The number of hydrogen-bond acceptors (Lipinski definition) is 4. The van der Waals surface area contributed by atoms with Crippen molar-refractivity contribution in [1.29, 1.82) is 5.41 Å². The molecule has 0 aliphatic heterocycles. The molecule has 3 aromatic rings. The second-order valence-corrected chi connectivity index (χ2v) is 7.55. The molecule has 0 aliphatic rings. The second-order valence-electron chi connectivity index (χ2n) is 7.55. The van der Waals surface area contributed by atoms with Gasteiger partial charge in [-0.05, 0) is 37.0 Å². The van der Waals surface area contributed by atoms with E-state index in [-0.39, 0.29) is 22.5 Å². The molecule has 0 unspecified atom stereocenters. The van der Waals surface area contributed by atoms with Gasteiger partial charge >= 0.3 is 0 Å². The molecule has 2 N–H and O–H groups in total. The first kappa shape index (κ1) is 19.8. The first-order valence-electron chi connectivity index (χ1n) is 9.73. The predicted octanol–water partition coefficient (Wildman–Crippen LogP) is 2.62. The highest BCUT2D eigenvalue weighted by Crippen LogP contribution is 2.13. The first-order valence-corrected chi connectivity index (χ1v) is 9.73. The SMILES string of the molecule is CCCCn1c(=N)c(C(=O)NCC(C)C)cc2c(=O)n3cccc(C)c3nc21. The highest BCUT2D eigenvalue weighted by atomic mass is 16.1. The van der Waals surface area contributed by atoms with E-state index < -0.39 is 0 Å². The van der Waals surface area contributed by atoms with Crippen LogP contribution in [0, 0.1) is 18.3 Å². The third kappa shape index (κ3) is 3.56. The summed E-state index contributed by atoms with van der Waals surface area (Å²) in [7, 11) is 0. The van der Waals surface area contributed by atoms with Crippen molar-refractivity contribution in [1.82, 2.24) is 19.3 Å². The molecular weight excluding hydrogens is 354 g/mol. The quantitative estimate of drug-likeness (QED) is 0.643. The van der Waals surface area contributed by atoms with Crippen LogP contribution in [0.5, 0.6) is 0 Å². The van der Waals surface area contributed by atoms with Crippen LogP contribution in [0.4, 0.5) is 0 Å². The first-order chi connectivity index (χ1) is 13.3. The van der Waals surface area contributed by atoms with Crippen molar-refractivity contribution in [2.45, 2.75) is 47.1 Å². The Morgan fingerprint density at radius 2 is 2.07 bits per heavy atom.